The lowest BCUT2D eigenvalue weighted by Gasteiger charge is -2.32. The van der Waals surface area contributed by atoms with Gasteiger partial charge in [0.15, 0.2) is 0 Å². The number of imidazole rings is 1. The first-order valence-electron chi connectivity index (χ1n) is 10.8. The van der Waals surface area contributed by atoms with Crippen molar-refractivity contribution in [1.29, 1.82) is 0 Å². The molecule has 2 amide bonds. The number of benzene rings is 1. The minimum Gasteiger partial charge on any atom is -0.374 e. The summed E-state index contributed by atoms with van der Waals surface area (Å²) in [7, 11) is 1.48. The number of carbonyl (C=O) groups excluding carboxylic acids is 2. The number of pyridine rings is 1. The van der Waals surface area contributed by atoms with Crippen molar-refractivity contribution in [2.24, 2.45) is 0 Å². The van der Waals surface area contributed by atoms with Crippen LogP contribution in [0.2, 0.25) is 0 Å². The Bertz CT molecular complexity index is 1230. The number of halogens is 2. The van der Waals surface area contributed by atoms with E-state index in [4.69, 9.17) is 4.74 Å². The molecule has 1 atom stereocenters. The fraction of sp³-hybridized carbons (Fsp3) is 0.375. The van der Waals surface area contributed by atoms with Gasteiger partial charge in [0, 0.05) is 50.8 Å². The Hall–Kier alpha value is -3.33. The zero-order valence-electron chi connectivity index (χ0n) is 19.0. The highest BCUT2D eigenvalue weighted by atomic mass is 19.1. The van der Waals surface area contributed by atoms with E-state index in [-0.39, 0.29) is 23.1 Å². The van der Waals surface area contributed by atoms with Crippen LogP contribution in [0.1, 0.15) is 34.1 Å². The highest BCUT2D eigenvalue weighted by molar-refractivity contribution is 5.95. The van der Waals surface area contributed by atoms with E-state index in [9.17, 15) is 14.0 Å². The summed E-state index contributed by atoms with van der Waals surface area (Å²) in [6, 6.07) is 4.39. The van der Waals surface area contributed by atoms with Crippen LogP contribution in [0, 0.1) is 25.5 Å². The molecule has 0 saturated carbocycles. The number of hydrogen-bond donors (Lipinski definition) is 1. The van der Waals surface area contributed by atoms with E-state index in [1.807, 2.05) is 0 Å². The van der Waals surface area contributed by atoms with E-state index in [1.165, 1.54) is 26.2 Å². The second-order valence-corrected chi connectivity index (χ2v) is 8.33. The number of aromatic nitrogens is 2. The number of carbonyl (C=O) groups is 2. The molecule has 3 aromatic rings. The quantitative estimate of drug-likeness (QED) is 0.655. The van der Waals surface area contributed by atoms with Crippen molar-refractivity contribution in [1.82, 2.24) is 19.6 Å². The van der Waals surface area contributed by atoms with Crippen LogP contribution in [-0.2, 0) is 16.0 Å². The molecule has 0 aliphatic carbocycles. The van der Waals surface area contributed by atoms with Crippen LogP contribution in [0.5, 0.6) is 0 Å². The molecule has 0 unspecified atom stereocenters. The Morgan fingerprint density at radius 2 is 1.94 bits per heavy atom. The van der Waals surface area contributed by atoms with Gasteiger partial charge in [-0.3, -0.25) is 9.59 Å². The average molecular weight is 456 g/mol. The van der Waals surface area contributed by atoms with Gasteiger partial charge in [-0.1, -0.05) is 0 Å². The second-order valence-electron chi connectivity index (χ2n) is 8.33. The first-order valence-corrected chi connectivity index (χ1v) is 10.8. The standard InChI is InChI=1S/C24H26F2N4O3/c1-13-8-21-28-23(22-14(2)7-16(9-18(22)25)24(32)27-4)20(30(21)12-19(13)26)10-17-11-29(15(3)31)5-6-33-17/h7-9,12,17H,5-6,10-11H2,1-4H3,(H,27,32)/t17-/m0/s1. The third kappa shape index (κ3) is 4.32. The molecule has 1 saturated heterocycles. The molecule has 1 N–H and O–H groups in total. The fourth-order valence-corrected chi connectivity index (χ4v) is 4.27. The Balaban J connectivity index is 1.85. The largest absolute Gasteiger partial charge is 0.374 e. The van der Waals surface area contributed by atoms with E-state index >= 15 is 4.39 Å². The number of fused-ring (bicyclic) bond motifs is 1. The Morgan fingerprint density at radius 3 is 2.61 bits per heavy atom. The first-order chi connectivity index (χ1) is 15.7. The summed E-state index contributed by atoms with van der Waals surface area (Å²) in [5, 5.41) is 2.49. The molecule has 3 heterocycles. The van der Waals surface area contributed by atoms with Crippen LogP contribution < -0.4 is 5.32 Å². The molecule has 0 radical (unpaired) electrons. The van der Waals surface area contributed by atoms with Crippen molar-refractivity contribution in [2.45, 2.75) is 33.3 Å². The van der Waals surface area contributed by atoms with Crippen LogP contribution >= 0.6 is 0 Å². The third-order valence-corrected chi connectivity index (χ3v) is 6.02. The van der Waals surface area contributed by atoms with Crippen molar-refractivity contribution < 1.29 is 23.1 Å². The molecule has 1 aliphatic rings. The van der Waals surface area contributed by atoms with E-state index < -0.39 is 17.5 Å². The number of rotatable bonds is 4. The summed E-state index contributed by atoms with van der Waals surface area (Å²) in [5.74, 6) is -1.44. The van der Waals surface area contributed by atoms with Gasteiger partial charge in [-0.05, 0) is 43.2 Å². The van der Waals surface area contributed by atoms with Crippen LogP contribution in [0.25, 0.3) is 16.9 Å². The van der Waals surface area contributed by atoms with Gasteiger partial charge in [0.2, 0.25) is 5.91 Å². The van der Waals surface area contributed by atoms with Gasteiger partial charge in [0.05, 0.1) is 24.1 Å². The smallest absolute Gasteiger partial charge is 0.251 e. The topological polar surface area (TPSA) is 75.9 Å². The van der Waals surface area contributed by atoms with Gasteiger partial charge in [-0.25, -0.2) is 13.8 Å². The predicted octanol–water partition coefficient (Wildman–Crippen LogP) is 3.05. The number of hydrogen-bond acceptors (Lipinski definition) is 4. The molecule has 1 fully saturated rings. The Labute approximate surface area is 190 Å². The molecule has 33 heavy (non-hydrogen) atoms. The maximum Gasteiger partial charge on any atom is 0.251 e. The van der Waals surface area contributed by atoms with Gasteiger partial charge < -0.3 is 19.4 Å². The van der Waals surface area contributed by atoms with E-state index in [2.05, 4.69) is 10.3 Å². The molecule has 4 rings (SSSR count). The summed E-state index contributed by atoms with van der Waals surface area (Å²) in [6.45, 7) is 6.13. The molecular weight excluding hydrogens is 430 g/mol. The summed E-state index contributed by atoms with van der Waals surface area (Å²) in [6.07, 6.45) is 1.30. The molecule has 174 valence electrons. The molecule has 0 bridgehead atoms. The Morgan fingerprint density at radius 1 is 1.18 bits per heavy atom. The average Bonchev–Trinajstić information content (AvgIpc) is 3.09. The van der Waals surface area contributed by atoms with Crippen LogP contribution in [-0.4, -0.2) is 58.9 Å². The van der Waals surface area contributed by atoms with Crippen molar-refractivity contribution in [3.63, 3.8) is 0 Å². The lowest BCUT2D eigenvalue weighted by molar-refractivity contribution is -0.136. The number of amides is 2. The highest BCUT2D eigenvalue weighted by Crippen LogP contribution is 2.33. The molecule has 1 aromatic carbocycles. The summed E-state index contributed by atoms with van der Waals surface area (Å²) in [5.41, 5.74) is 2.83. The zero-order valence-corrected chi connectivity index (χ0v) is 19.0. The van der Waals surface area contributed by atoms with Gasteiger partial charge in [-0.2, -0.15) is 0 Å². The minimum absolute atomic E-state index is 0.0463. The maximum atomic E-state index is 15.3. The number of aryl methyl sites for hydroxylation is 2. The molecule has 1 aliphatic heterocycles. The molecular formula is C24H26F2N4O3. The van der Waals surface area contributed by atoms with E-state index in [0.717, 1.165) is 0 Å². The summed E-state index contributed by atoms with van der Waals surface area (Å²) >= 11 is 0. The van der Waals surface area contributed by atoms with Gasteiger partial charge in [0.1, 0.15) is 17.3 Å². The van der Waals surface area contributed by atoms with Crippen LogP contribution in [0.3, 0.4) is 0 Å². The van der Waals surface area contributed by atoms with E-state index in [1.54, 1.807) is 35.3 Å². The number of nitrogens with zero attached hydrogens (tertiary/aromatic N) is 3. The molecule has 0 spiro atoms. The van der Waals surface area contributed by atoms with Gasteiger partial charge >= 0.3 is 0 Å². The molecule has 7 nitrogen and oxygen atoms in total. The maximum absolute atomic E-state index is 15.3. The van der Waals surface area contributed by atoms with Crippen molar-refractivity contribution >= 4 is 17.5 Å². The SMILES string of the molecule is CNC(=O)c1cc(C)c(-c2nc3cc(C)c(F)cn3c2C[C@H]2CN(C(C)=O)CCO2)c(F)c1. The van der Waals surface area contributed by atoms with Gasteiger partial charge in [-0.15, -0.1) is 0 Å². The minimum atomic E-state index is -0.592. The predicted molar refractivity (Wildman–Crippen MR) is 119 cm³/mol. The highest BCUT2D eigenvalue weighted by Gasteiger charge is 2.27. The lowest BCUT2D eigenvalue weighted by Crippen LogP contribution is -2.45. The van der Waals surface area contributed by atoms with Crippen molar-refractivity contribution in [2.75, 3.05) is 26.7 Å². The number of morpholine rings is 1. The zero-order chi connectivity index (χ0) is 23.9. The summed E-state index contributed by atoms with van der Waals surface area (Å²) < 4.78 is 37.3. The van der Waals surface area contributed by atoms with Crippen molar-refractivity contribution in [3.8, 4) is 11.3 Å². The van der Waals surface area contributed by atoms with E-state index in [0.29, 0.717) is 54.3 Å². The summed E-state index contributed by atoms with van der Waals surface area (Å²) in [4.78, 5) is 30.2. The molecule has 9 heteroatoms. The first kappa shape index (κ1) is 22.8. The molecule has 2 aromatic heterocycles. The van der Waals surface area contributed by atoms with Crippen molar-refractivity contribution in [3.05, 3.63) is 58.4 Å². The number of nitrogens with one attached hydrogen (secondary N) is 1. The Kier molecular flexibility index (Phi) is 6.16. The van der Waals surface area contributed by atoms with Crippen LogP contribution in [0.4, 0.5) is 8.78 Å². The lowest BCUT2D eigenvalue weighted by atomic mass is 9.98. The third-order valence-electron chi connectivity index (χ3n) is 6.02. The monoisotopic (exact) mass is 456 g/mol. The second kappa shape index (κ2) is 8.90. The van der Waals surface area contributed by atoms with Gasteiger partial charge in [0.25, 0.3) is 5.91 Å². The van der Waals surface area contributed by atoms with Crippen LogP contribution in [0.15, 0.2) is 24.4 Å². The normalized spacial score (nSPS) is 16.3. The number of ether oxygens (including phenoxy) is 1. The fourth-order valence-electron chi connectivity index (χ4n) is 4.27.